The summed E-state index contributed by atoms with van der Waals surface area (Å²) < 4.78 is 68.9. The minimum absolute atomic E-state index is 0. The molecule has 12 heteroatoms. The molecule has 1 aromatic rings. The van der Waals surface area contributed by atoms with Crippen molar-refractivity contribution < 1.29 is 31.1 Å². The second-order valence-corrected chi connectivity index (χ2v) is 7.43. The second-order valence-electron chi connectivity index (χ2n) is 5.68. The van der Waals surface area contributed by atoms with Crippen LogP contribution in [-0.2, 0) is 25.7 Å². The third kappa shape index (κ3) is 6.01. The summed E-state index contributed by atoms with van der Waals surface area (Å²) in [7, 11) is -3.75. The Balaban J connectivity index is 0.00000338. The van der Waals surface area contributed by atoms with Gasteiger partial charge < -0.3 is 15.8 Å². The Hall–Kier alpha value is -1.56. The van der Waals surface area contributed by atoms with E-state index in [9.17, 15) is 26.4 Å². The number of halogens is 4. The number of sulfonamides is 1. The van der Waals surface area contributed by atoms with Gasteiger partial charge in [-0.1, -0.05) is 0 Å². The molecule has 0 unspecified atom stereocenters. The average molecular weight is 418 g/mol. The normalized spacial score (nSPS) is 20.3. The largest absolute Gasteiger partial charge is 0.416 e. The molecule has 0 radical (unpaired) electrons. The Morgan fingerprint density at radius 3 is 2.46 bits per heavy atom. The maximum Gasteiger partial charge on any atom is 0.416 e. The molecule has 1 heterocycles. The van der Waals surface area contributed by atoms with Gasteiger partial charge in [0.2, 0.25) is 10.0 Å². The SMILES string of the molecule is CS(=O)(=O)Nc1ccc(C(F)(F)F)cc1NC(=O)[C@@H]1CC[C@H](CN)O1.Cl. The number of nitrogens with one attached hydrogen (secondary N) is 2. The lowest BCUT2D eigenvalue weighted by Gasteiger charge is -2.17. The molecule has 148 valence electrons. The van der Waals surface area contributed by atoms with Crippen molar-refractivity contribution in [3.8, 4) is 0 Å². The lowest BCUT2D eigenvalue weighted by molar-refractivity contribution is -0.137. The maximum absolute atomic E-state index is 12.9. The van der Waals surface area contributed by atoms with Crippen molar-refractivity contribution in [1.29, 1.82) is 0 Å². The molecule has 2 atom stereocenters. The topological polar surface area (TPSA) is 111 Å². The summed E-state index contributed by atoms with van der Waals surface area (Å²) in [6.45, 7) is 0.230. The molecule has 2 rings (SSSR count). The molecule has 0 bridgehead atoms. The Labute approximate surface area is 154 Å². The first-order valence-corrected chi connectivity index (χ1v) is 9.24. The molecule has 0 saturated carbocycles. The van der Waals surface area contributed by atoms with E-state index in [2.05, 4.69) is 10.0 Å². The molecule has 1 fully saturated rings. The van der Waals surface area contributed by atoms with E-state index in [-0.39, 0.29) is 36.4 Å². The average Bonchev–Trinajstić information content (AvgIpc) is 2.95. The third-order valence-corrected chi connectivity index (χ3v) is 4.15. The third-order valence-electron chi connectivity index (χ3n) is 3.56. The van der Waals surface area contributed by atoms with Crippen LogP contribution in [0.25, 0.3) is 0 Å². The molecule has 4 N–H and O–H groups in total. The molecule has 1 aliphatic rings. The van der Waals surface area contributed by atoms with Crippen LogP contribution >= 0.6 is 12.4 Å². The quantitative estimate of drug-likeness (QED) is 0.678. The van der Waals surface area contributed by atoms with Gasteiger partial charge in [0, 0.05) is 6.54 Å². The number of anilines is 2. The fourth-order valence-corrected chi connectivity index (χ4v) is 2.98. The van der Waals surface area contributed by atoms with E-state index in [1.54, 1.807) is 0 Å². The van der Waals surface area contributed by atoms with Crippen LogP contribution in [-0.4, -0.2) is 39.3 Å². The first kappa shape index (κ1) is 22.5. The van der Waals surface area contributed by atoms with Crippen LogP contribution in [0.3, 0.4) is 0 Å². The van der Waals surface area contributed by atoms with Gasteiger partial charge in [0.25, 0.3) is 5.91 Å². The van der Waals surface area contributed by atoms with Crippen molar-refractivity contribution >= 4 is 39.7 Å². The monoisotopic (exact) mass is 417 g/mol. The van der Waals surface area contributed by atoms with Gasteiger partial charge in [-0.3, -0.25) is 9.52 Å². The van der Waals surface area contributed by atoms with Gasteiger partial charge in [0.15, 0.2) is 0 Å². The van der Waals surface area contributed by atoms with Crippen molar-refractivity contribution in [2.24, 2.45) is 5.73 Å². The summed E-state index contributed by atoms with van der Waals surface area (Å²) >= 11 is 0. The predicted octanol–water partition coefficient (Wildman–Crippen LogP) is 1.94. The minimum Gasteiger partial charge on any atom is -0.364 e. The van der Waals surface area contributed by atoms with Gasteiger partial charge in [-0.05, 0) is 31.0 Å². The lowest BCUT2D eigenvalue weighted by Crippen LogP contribution is -2.30. The number of benzene rings is 1. The molecule has 7 nitrogen and oxygen atoms in total. The number of ether oxygens (including phenoxy) is 1. The van der Waals surface area contributed by atoms with Crippen molar-refractivity contribution in [2.45, 2.75) is 31.2 Å². The molecule has 1 aromatic carbocycles. The first-order chi connectivity index (χ1) is 11.5. The first-order valence-electron chi connectivity index (χ1n) is 7.35. The summed E-state index contributed by atoms with van der Waals surface area (Å²) in [5, 5.41) is 2.30. The zero-order valence-electron chi connectivity index (χ0n) is 13.7. The smallest absolute Gasteiger partial charge is 0.364 e. The van der Waals surface area contributed by atoms with Gasteiger partial charge in [-0.2, -0.15) is 13.2 Å². The van der Waals surface area contributed by atoms with E-state index in [4.69, 9.17) is 10.5 Å². The summed E-state index contributed by atoms with van der Waals surface area (Å²) in [5.41, 5.74) is 3.96. The molecular weight excluding hydrogens is 399 g/mol. The van der Waals surface area contributed by atoms with Gasteiger partial charge in [0.1, 0.15) is 6.10 Å². The summed E-state index contributed by atoms with van der Waals surface area (Å²) in [6.07, 6.45) is -3.99. The number of hydrogen-bond donors (Lipinski definition) is 3. The number of carbonyl (C=O) groups excluding carboxylic acids is 1. The highest BCUT2D eigenvalue weighted by molar-refractivity contribution is 7.92. The molecule has 26 heavy (non-hydrogen) atoms. The number of nitrogens with two attached hydrogens (primary N) is 1. The van der Waals surface area contributed by atoms with Gasteiger partial charge in [-0.15, -0.1) is 12.4 Å². The fraction of sp³-hybridized carbons (Fsp3) is 0.500. The summed E-state index contributed by atoms with van der Waals surface area (Å²) in [5.74, 6) is -0.660. The zero-order valence-corrected chi connectivity index (χ0v) is 15.3. The van der Waals surface area contributed by atoms with Crippen LogP contribution in [0, 0.1) is 0 Å². The summed E-state index contributed by atoms with van der Waals surface area (Å²) in [4.78, 5) is 12.2. The van der Waals surface area contributed by atoms with Gasteiger partial charge in [-0.25, -0.2) is 8.42 Å². The highest BCUT2D eigenvalue weighted by Gasteiger charge is 2.33. The Bertz CT molecular complexity index is 758. The van der Waals surface area contributed by atoms with Crippen LogP contribution in [0.5, 0.6) is 0 Å². The van der Waals surface area contributed by atoms with E-state index in [1.807, 2.05) is 0 Å². The number of hydrogen-bond acceptors (Lipinski definition) is 5. The second kappa shape index (κ2) is 8.42. The van der Waals surface area contributed by atoms with E-state index >= 15 is 0 Å². The van der Waals surface area contributed by atoms with E-state index in [0.29, 0.717) is 18.9 Å². The number of carbonyl (C=O) groups is 1. The highest BCUT2D eigenvalue weighted by atomic mass is 35.5. The van der Waals surface area contributed by atoms with E-state index < -0.39 is 33.8 Å². The van der Waals surface area contributed by atoms with Crippen LogP contribution in [0.15, 0.2) is 18.2 Å². The molecule has 0 aromatic heterocycles. The molecule has 1 saturated heterocycles. The fourth-order valence-electron chi connectivity index (χ4n) is 2.40. The molecular formula is C14H19ClF3N3O4S. The number of rotatable bonds is 5. The van der Waals surface area contributed by atoms with E-state index in [0.717, 1.165) is 18.4 Å². The Kier molecular flexibility index (Phi) is 7.28. The summed E-state index contributed by atoms with van der Waals surface area (Å²) in [6, 6.07) is 2.33. The van der Waals surface area contributed by atoms with Crippen molar-refractivity contribution in [3.05, 3.63) is 23.8 Å². The minimum atomic E-state index is -4.64. The van der Waals surface area contributed by atoms with Crippen LogP contribution in [0.4, 0.5) is 24.5 Å². The van der Waals surface area contributed by atoms with Crippen LogP contribution < -0.4 is 15.8 Å². The zero-order chi connectivity index (χ0) is 18.8. The Morgan fingerprint density at radius 1 is 1.31 bits per heavy atom. The predicted molar refractivity (Wildman–Crippen MR) is 92.7 cm³/mol. The Morgan fingerprint density at radius 2 is 1.96 bits per heavy atom. The van der Waals surface area contributed by atoms with Crippen molar-refractivity contribution in [2.75, 3.05) is 22.8 Å². The lowest BCUT2D eigenvalue weighted by atomic mass is 10.1. The van der Waals surface area contributed by atoms with E-state index in [1.165, 1.54) is 0 Å². The van der Waals surface area contributed by atoms with Gasteiger partial charge in [0.05, 0.1) is 29.3 Å². The molecule has 1 aliphatic heterocycles. The van der Waals surface area contributed by atoms with Gasteiger partial charge >= 0.3 is 6.18 Å². The van der Waals surface area contributed by atoms with Crippen molar-refractivity contribution in [3.63, 3.8) is 0 Å². The molecule has 1 amide bonds. The maximum atomic E-state index is 12.9. The molecule has 0 aliphatic carbocycles. The highest BCUT2D eigenvalue weighted by Crippen LogP contribution is 2.34. The standard InChI is InChI=1S/C14H18F3N3O4S.ClH/c1-25(22,23)20-10-4-2-8(14(15,16)17)6-11(10)19-13(21)12-5-3-9(7-18)24-12;/h2,4,6,9,12,20H,3,5,7,18H2,1H3,(H,19,21);1H/t9-,12+;/m1./s1. The van der Waals surface area contributed by atoms with Crippen LogP contribution in [0.1, 0.15) is 18.4 Å². The number of amides is 1. The van der Waals surface area contributed by atoms with Crippen LogP contribution in [0.2, 0.25) is 0 Å². The van der Waals surface area contributed by atoms with Crippen molar-refractivity contribution in [1.82, 2.24) is 0 Å². The number of alkyl halides is 3. The molecule has 0 spiro atoms.